The highest BCUT2D eigenvalue weighted by atomic mass is 16.4. The number of hydrogen-bond donors (Lipinski definition) is 1. The number of anilines is 1. The summed E-state index contributed by atoms with van der Waals surface area (Å²) >= 11 is 0. The summed E-state index contributed by atoms with van der Waals surface area (Å²) in [5.41, 5.74) is 1.66. The van der Waals surface area contributed by atoms with Crippen LogP contribution < -0.4 is 4.90 Å². The van der Waals surface area contributed by atoms with Crippen LogP contribution in [0.25, 0.3) is 11.2 Å². The summed E-state index contributed by atoms with van der Waals surface area (Å²) in [7, 11) is 1.70. The van der Waals surface area contributed by atoms with Crippen molar-refractivity contribution in [1.82, 2.24) is 9.97 Å². The Labute approximate surface area is 91.5 Å². The Bertz CT molecular complexity index is 523. The molecule has 84 valence electrons. The predicted octanol–water partition coefficient (Wildman–Crippen LogP) is 1.13. The summed E-state index contributed by atoms with van der Waals surface area (Å²) in [5, 5.41) is 8.94. The zero-order valence-corrected chi connectivity index (χ0v) is 8.91. The highest BCUT2D eigenvalue weighted by Gasteiger charge is 2.20. The summed E-state index contributed by atoms with van der Waals surface area (Å²) < 4.78 is 5.05. The summed E-state index contributed by atoms with van der Waals surface area (Å²) in [4.78, 5) is 20.5. The Kier molecular flexibility index (Phi) is 2.47. The molecule has 0 bridgehead atoms. The van der Waals surface area contributed by atoms with Crippen LogP contribution in [0.15, 0.2) is 23.1 Å². The Morgan fingerprint density at radius 2 is 2.31 bits per heavy atom. The SMILES string of the molecule is CC(C(=O)O)N(C)c1ccnc2ocnc12. The van der Waals surface area contributed by atoms with Crippen LogP contribution in [0.3, 0.4) is 0 Å². The van der Waals surface area contributed by atoms with E-state index >= 15 is 0 Å². The molecule has 0 aliphatic carbocycles. The van der Waals surface area contributed by atoms with Gasteiger partial charge in [0.2, 0.25) is 5.71 Å². The summed E-state index contributed by atoms with van der Waals surface area (Å²) in [5.74, 6) is -0.893. The number of likely N-dealkylation sites (N-methyl/N-ethyl adjacent to an activating group) is 1. The van der Waals surface area contributed by atoms with Crippen LogP contribution >= 0.6 is 0 Å². The molecule has 2 heterocycles. The van der Waals surface area contributed by atoms with E-state index < -0.39 is 12.0 Å². The molecule has 2 rings (SSSR count). The Morgan fingerprint density at radius 3 is 3.00 bits per heavy atom. The number of hydrogen-bond acceptors (Lipinski definition) is 5. The first kappa shape index (κ1) is 10.4. The lowest BCUT2D eigenvalue weighted by Gasteiger charge is -2.23. The van der Waals surface area contributed by atoms with Gasteiger partial charge in [0.05, 0.1) is 5.69 Å². The van der Waals surface area contributed by atoms with Gasteiger partial charge in [0, 0.05) is 13.2 Å². The van der Waals surface area contributed by atoms with Gasteiger partial charge in [-0.1, -0.05) is 0 Å². The van der Waals surface area contributed by atoms with Gasteiger partial charge >= 0.3 is 5.97 Å². The third-order valence-corrected chi connectivity index (χ3v) is 2.53. The molecule has 0 fully saturated rings. The summed E-state index contributed by atoms with van der Waals surface area (Å²) in [6.45, 7) is 1.61. The molecular formula is C10H11N3O3. The molecule has 1 atom stereocenters. The fourth-order valence-electron chi connectivity index (χ4n) is 1.42. The van der Waals surface area contributed by atoms with Crippen molar-refractivity contribution < 1.29 is 14.3 Å². The number of carboxylic acids is 1. The van der Waals surface area contributed by atoms with E-state index in [9.17, 15) is 4.79 Å². The molecule has 1 unspecified atom stereocenters. The van der Waals surface area contributed by atoms with Gasteiger partial charge in [-0.25, -0.2) is 14.8 Å². The fourth-order valence-corrected chi connectivity index (χ4v) is 1.42. The first-order valence-corrected chi connectivity index (χ1v) is 4.75. The zero-order valence-electron chi connectivity index (χ0n) is 8.91. The van der Waals surface area contributed by atoms with Crippen molar-refractivity contribution >= 4 is 22.9 Å². The van der Waals surface area contributed by atoms with E-state index in [-0.39, 0.29) is 0 Å². The lowest BCUT2D eigenvalue weighted by atomic mass is 10.2. The zero-order chi connectivity index (χ0) is 11.7. The van der Waals surface area contributed by atoms with E-state index in [0.717, 1.165) is 0 Å². The van der Waals surface area contributed by atoms with Gasteiger partial charge in [-0.15, -0.1) is 0 Å². The number of aromatic nitrogens is 2. The number of aliphatic carboxylic acids is 1. The molecule has 0 saturated carbocycles. The van der Waals surface area contributed by atoms with Crippen LogP contribution in [0, 0.1) is 0 Å². The van der Waals surface area contributed by atoms with Crippen molar-refractivity contribution in [3.05, 3.63) is 18.7 Å². The standard InChI is InChI=1S/C10H11N3O3/c1-6(10(14)15)13(2)7-3-4-11-9-8(7)12-5-16-9/h3-6H,1-2H3,(H,14,15). The number of carboxylic acid groups (broad SMARTS) is 1. The van der Waals surface area contributed by atoms with Crippen molar-refractivity contribution in [2.24, 2.45) is 0 Å². The Balaban J connectivity index is 2.46. The van der Waals surface area contributed by atoms with Crippen LogP contribution in [0.4, 0.5) is 5.69 Å². The lowest BCUT2D eigenvalue weighted by molar-refractivity contribution is -0.138. The maximum absolute atomic E-state index is 10.9. The van der Waals surface area contributed by atoms with Gasteiger partial charge in [0.15, 0.2) is 11.9 Å². The normalized spacial score (nSPS) is 12.6. The van der Waals surface area contributed by atoms with Gasteiger partial charge in [0.25, 0.3) is 0 Å². The van der Waals surface area contributed by atoms with E-state index in [2.05, 4.69) is 9.97 Å². The van der Waals surface area contributed by atoms with Gasteiger partial charge in [-0.3, -0.25) is 0 Å². The van der Waals surface area contributed by atoms with Crippen molar-refractivity contribution in [2.45, 2.75) is 13.0 Å². The largest absolute Gasteiger partial charge is 0.480 e. The Morgan fingerprint density at radius 1 is 1.56 bits per heavy atom. The van der Waals surface area contributed by atoms with Gasteiger partial charge in [0.1, 0.15) is 6.04 Å². The van der Waals surface area contributed by atoms with E-state index in [1.54, 1.807) is 31.1 Å². The molecular weight excluding hydrogens is 210 g/mol. The number of carbonyl (C=O) groups is 1. The molecule has 0 amide bonds. The fraction of sp³-hybridized carbons (Fsp3) is 0.300. The topological polar surface area (TPSA) is 79.5 Å². The molecule has 0 spiro atoms. The maximum Gasteiger partial charge on any atom is 0.326 e. The van der Waals surface area contributed by atoms with Crippen molar-refractivity contribution in [1.29, 1.82) is 0 Å². The third-order valence-electron chi connectivity index (χ3n) is 2.53. The quantitative estimate of drug-likeness (QED) is 0.836. The van der Waals surface area contributed by atoms with E-state index in [0.29, 0.717) is 16.9 Å². The maximum atomic E-state index is 10.9. The lowest BCUT2D eigenvalue weighted by Crippen LogP contribution is -2.35. The number of fused-ring (bicyclic) bond motifs is 1. The minimum atomic E-state index is -0.893. The Hall–Kier alpha value is -2.11. The smallest absolute Gasteiger partial charge is 0.326 e. The van der Waals surface area contributed by atoms with Crippen molar-refractivity contribution in [3.8, 4) is 0 Å². The minimum absolute atomic E-state index is 0.405. The first-order chi connectivity index (χ1) is 7.61. The molecule has 0 aliphatic rings. The van der Waals surface area contributed by atoms with Crippen LogP contribution in [0.2, 0.25) is 0 Å². The van der Waals surface area contributed by atoms with E-state index in [1.165, 1.54) is 6.39 Å². The second-order valence-electron chi connectivity index (χ2n) is 3.46. The third kappa shape index (κ3) is 1.58. The summed E-state index contributed by atoms with van der Waals surface area (Å²) in [6, 6.07) is 1.08. The first-order valence-electron chi connectivity index (χ1n) is 4.75. The average Bonchev–Trinajstić information content (AvgIpc) is 2.74. The van der Waals surface area contributed by atoms with Crippen LogP contribution in [0.1, 0.15) is 6.92 Å². The molecule has 0 aromatic carbocycles. The molecule has 0 radical (unpaired) electrons. The molecule has 2 aromatic heterocycles. The molecule has 1 N–H and O–H groups in total. The van der Waals surface area contributed by atoms with Crippen LogP contribution in [0.5, 0.6) is 0 Å². The number of nitrogens with zero attached hydrogens (tertiary/aromatic N) is 3. The average molecular weight is 221 g/mol. The van der Waals surface area contributed by atoms with Crippen molar-refractivity contribution in [2.75, 3.05) is 11.9 Å². The second kappa shape index (κ2) is 3.80. The van der Waals surface area contributed by atoms with Gasteiger partial charge in [-0.05, 0) is 13.0 Å². The summed E-state index contributed by atoms with van der Waals surface area (Å²) in [6.07, 6.45) is 2.86. The molecule has 0 saturated heterocycles. The predicted molar refractivity (Wildman–Crippen MR) is 57.3 cm³/mol. The highest BCUT2D eigenvalue weighted by Crippen LogP contribution is 2.24. The van der Waals surface area contributed by atoms with Gasteiger partial charge in [-0.2, -0.15) is 0 Å². The number of pyridine rings is 1. The van der Waals surface area contributed by atoms with Crippen molar-refractivity contribution in [3.63, 3.8) is 0 Å². The molecule has 2 aromatic rings. The van der Waals surface area contributed by atoms with E-state index in [1.807, 2.05) is 0 Å². The number of rotatable bonds is 3. The monoisotopic (exact) mass is 221 g/mol. The number of oxazole rings is 1. The second-order valence-corrected chi connectivity index (χ2v) is 3.46. The highest BCUT2D eigenvalue weighted by molar-refractivity contribution is 5.87. The van der Waals surface area contributed by atoms with Gasteiger partial charge < -0.3 is 14.4 Å². The molecule has 6 nitrogen and oxygen atoms in total. The van der Waals surface area contributed by atoms with E-state index in [4.69, 9.17) is 9.52 Å². The molecule has 16 heavy (non-hydrogen) atoms. The van der Waals surface area contributed by atoms with Crippen LogP contribution in [-0.2, 0) is 4.79 Å². The van der Waals surface area contributed by atoms with Crippen LogP contribution in [-0.4, -0.2) is 34.1 Å². The molecule has 6 heteroatoms. The minimum Gasteiger partial charge on any atom is -0.480 e. The molecule has 0 aliphatic heterocycles.